The molecule has 0 aliphatic carbocycles. The Balaban J connectivity index is 1.89. The van der Waals surface area contributed by atoms with E-state index in [1.54, 1.807) is 11.8 Å². The third-order valence-electron chi connectivity index (χ3n) is 2.87. The Bertz CT molecular complexity index is 549. The highest BCUT2D eigenvalue weighted by atomic mass is 32.2. The lowest BCUT2D eigenvalue weighted by Gasteiger charge is -2.22. The first kappa shape index (κ1) is 15.8. The molecule has 1 aliphatic rings. The number of hydrogen-bond acceptors (Lipinski definition) is 7. The van der Waals surface area contributed by atoms with Gasteiger partial charge in [0, 0.05) is 23.8 Å². The van der Waals surface area contributed by atoms with Crippen LogP contribution in [0.3, 0.4) is 0 Å². The minimum atomic E-state index is -2.93. The zero-order valence-electron chi connectivity index (χ0n) is 12.0. The summed E-state index contributed by atoms with van der Waals surface area (Å²) < 4.78 is 28.5. The summed E-state index contributed by atoms with van der Waals surface area (Å²) in [6, 6.07) is -0.127. The van der Waals surface area contributed by atoms with Crippen LogP contribution in [-0.4, -0.2) is 47.4 Å². The minimum Gasteiger partial charge on any atom is -0.339 e. The van der Waals surface area contributed by atoms with Crippen LogP contribution < -0.4 is 5.32 Å². The van der Waals surface area contributed by atoms with Gasteiger partial charge in [-0.3, -0.25) is 0 Å². The van der Waals surface area contributed by atoms with Crippen molar-refractivity contribution in [1.29, 1.82) is 0 Å². The van der Waals surface area contributed by atoms with Crippen molar-refractivity contribution in [1.82, 2.24) is 15.5 Å². The summed E-state index contributed by atoms with van der Waals surface area (Å²) in [5, 5.41) is 7.11. The van der Waals surface area contributed by atoms with Gasteiger partial charge in [0.25, 0.3) is 0 Å². The van der Waals surface area contributed by atoms with Gasteiger partial charge in [-0.25, -0.2) is 8.42 Å². The number of nitrogens with one attached hydrogen (secondary N) is 1. The molecule has 1 atom stereocenters. The van der Waals surface area contributed by atoms with E-state index in [9.17, 15) is 8.42 Å². The van der Waals surface area contributed by atoms with Gasteiger partial charge in [-0.1, -0.05) is 25.9 Å². The van der Waals surface area contributed by atoms with Gasteiger partial charge < -0.3 is 9.84 Å². The Morgan fingerprint density at radius 3 is 2.85 bits per heavy atom. The topological polar surface area (TPSA) is 85.1 Å². The lowest BCUT2D eigenvalue weighted by molar-refractivity contribution is 0.358. The lowest BCUT2D eigenvalue weighted by Crippen LogP contribution is -2.46. The van der Waals surface area contributed by atoms with Gasteiger partial charge in [-0.15, -0.1) is 11.8 Å². The smallest absolute Gasteiger partial charge is 0.228 e. The molecule has 1 aromatic rings. The van der Waals surface area contributed by atoms with Crippen LogP contribution in [0.15, 0.2) is 4.52 Å². The van der Waals surface area contributed by atoms with E-state index >= 15 is 0 Å². The molecule has 114 valence electrons. The van der Waals surface area contributed by atoms with E-state index in [0.29, 0.717) is 30.4 Å². The Kier molecular flexibility index (Phi) is 4.76. The van der Waals surface area contributed by atoms with Crippen molar-refractivity contribution in [3.05, 3.63) is 11.7 Å². The first-order chi connectivity index (χ1) is 9.23. The van der Waals surface area contributed by atoms with Crippen molar-refractivity contribution in [2.75, 3.05) is 18.1 Å². The maximum atomic E-state index is 11.6. The number of nitrogens with zero attached hydrogens (tertiary/aromatic N) is 2. The normalized spacial score (nSPS) is 22.9. The van der Waals surface area contributed by atoms with Crippen molar-refractivity contribution >= 4 is 21.6 Å². The highest BCUT2D eigenvalue weighted by molar-refractivity contribution is 7.99. The highest BCUT2D eigenvalue weighted by Gasteiger charge is 2.26. The molecule has 0 spiro atoms. The predicted octanol–water partition coefficient (Wildman–Crippen LogP) is 1.03. The van der Waals surface area contributed by atoms with E-state index in [2.05, 4.69) is 36.2 Å². The largest absolute Gasteiger partial charge is 0.339 e. The van der Waals surface area contributed by atoms with Crippen LogP contribution in [0.4, 0.5) is 0 Å². The highest BCUT2D eigenvalue weighted by Crippen LogP contribution is 2.26. The zero-order valence-corrected chi connectivity index (χ0v) is 13.7. The molecule has 1 unspecified atom stereocenters. The maximum Gasteiger partial charge on any atom is 0.228 e. The molecule has 0 radical (unpaired) electrons. The molecule has 1 N–H and O–H groups in total. The second kappa shape index (κ2) is 6.03. The summed E-state index contributed by atoms with van der Waals surface area (Å²) in [5.74, 6) is 2.22. The maximum absolute atomic E-state index is 11.6. The Labute approximate surface area is 124 Å². The van der Waals surface area contributed by atoms with E-state index < -0.39 is 9.84 Å². The first-order valence-corrected chi connectivity index (χ1v) is 9.43. The van der Waals surface area contributed by atoms with Gasteiger partial charge in [0.1, 0.15) is 0 Å². The minimum absolute atomic E-state index is 0.127. The van der Waals surface area contributed by atoms with Crippen LogP contribution in [0.2, 0.25) is 0 Å². The van der Waals surface area contributed by atoms with Gasteiger partial charge in [-0.05, 0) is 0 Å². The van der Waals surface area contributed by atoms with E-state index in [1.165, 1.54) is 0 Å². The van der Waals surface area contributed by atoms with Crippen LogP contribution in [-0.2, 0) is 22.0 Å². The molecule has 1 aliphatic heterocycles. The predicted molar refractivity (Wildman–Crippen MR) is 79.5 cm³/mol. The van der Waals surface area contributed by atoms with Crippen molar-refractivity contribution in [2.45, 2.75) is 43.7 Å². The molecular formula is C12H21N3O3S2. The van der Waals surface area contributed by atoms with Crippen LogP contribution in [0.5, 0.6) is 0 Å². The molecule has 0 bridgehead atoms. The summed E-state index contributed by atoms with van der Waals surface area (Å²) >= 11 is 1.75. The molecule has 1 aromatic heterocycles. The molecule has 6 nitrogen and oxygen atoms in total. The Morgan fingerprint density at radius 2 is 2.20 bits per heavy atom. The third-order valence-corrected chi connectivity index (χ3v) is 5.87. The number of hydrogen-bond donors (Lipinski definition) is 1. The van der Waals surface area contributed by atoms with Crippen LogP contribution in [0.1, 0.15) is 32.5 Å². The second-order valence-electron chi connectivity index (χ2n) is 5.97. The lowest BCUT2D eigenvalue weighted by atomic mass is 10.2. The van der Waals surface area contributed by atoms with Gasteiger partial charge in [0.2, 0.25) is 5.89 Å². The SMILES string of the molecule is CC(C)(C)SCc1noc(CC2CS(=O)(=O)CCN2)n1. The summed E-state index contributed by atoms with van der Waals surface area (Å²) in [5.41, 5.74) is 0. The van der Waals surface area contributed by atoms with E-state index in [1.807, 2.05) is 0 Å². The van der Waals surface area contributed by atoms with E-state index in [0.717, 1.165) is 0 Å². The van der Waals surface area contributed by atoms with Crippen LogP contribution in [0.25, 0.3) is 0 Å². The standard InChI is InChI=1S/C12H21N3O3S2/c1-12(2,3)19-7-10-14-11(18-15-10)6-9-8-20(16,17)5-4-13-9/h9,13H,4-8H2,1-3H3. The van der Waals surface area contributed by atoms with E-state index in [4.69, 9.17) is 4.52 Å². The fourth-order valence-corrected chi connectivity index (χ4v) is 4.05. The molecule has 2 heterocycles. The summed E-state index contributed by atoms with van der Waals surface area (Å²) in [6.07, 6.45) is 0.465. The number of rotatable bonds is 4. The Hall–Kier alpha value is -0.600. The van der Waals surface area contributed by atoms with Crippen molar-refractivity contribution in [2.24, 2.45) is 0 Å². The number of sulfone groups is 1. The average Bonchev–Trinajstić information content (AvgIpc) is 2.72. The van der Waals surface area contributed by atoms with E-state index in [-0.39, 0.29) is 22.3 Å². The summed E-state index contributed by atoms with van der Waals surface area (Å²) in [7, 11) is -2.93. The van der Waals surface area contributed by atoms with Crippen molar-refractivity contribution < 1.29 is 12.9 Å². The van der Waals surface area contributed by atoms with Crippen molar-refractivity contribution in [3.63, 3.8) is 0 Å². The molecule has 8 heteroatoms. The quantitative estimate of drug-likeness (QED) is 0.887. The van der Waals surface area contributed by atoms with Crippen LogP contribution >= 0.6 is 11.8 Å². The van der Waals surface area contributed by atoms with Gasteiger partial charge in [0.15, 0.2) is 15.7 Å². The number of thioether (sulfide) groups is 1. The first-order valence-electron chi connectivity index (χ1n) is 6.63. The van der Waals surface area contributed by atoms with Gasteiger partial charge in [0.05, 0.1) is 17.3 Å². The molecule has 0 saturated carbocycles. The molecule has 1 fully saturated rings. The fraction of sp³-hybridized carbons (Fsp3) is 0.833. The van der Waals surface area contributed by atoms with Gasteiger partial charge >= 0.3 is 0 Å². The summed E-state index contributed by atoms with van der Waals surface area (Å²) in [6.45, 7) is 6.90. The zero-order chi connectivity index (χ0) is 14.8. The Morgan fingerprint density at radius 1 is 1.45 bits per heavy atom. The molecule has 0 aromatic carbocycles. The molecule has 2 rings (SSSR count). The number of aromatic nitrogens is 2. The monoisotopic (exact) mass is 319 g/mol. The molecular weight excluding hydrogens is 298 g/mol. The third kappa shape index (κ3) is 5.06. The molecule has 1 saturated heterocycles. The van der Waals surface area contributed by atoms with Crippen LogP contribution in [0, 0.1) is 0 Å². The molecule has 20 heavy (non-hydrogen) atoms. The second-order valence-corrected chi connectivity index (χ2v) is 10.0. The van der Waals surface area contributed by atoms with Crippen molar-refractivity contribution in [3.8, 4) is 0 Å². The molecule has 0 amide bonds. The summed E-state index contributed by atoms with van der Waals surface area (Å²) in [4.78, 5) is 4.32. The van der Waals surface area contributed by atoms with Gasteiger partial charge in [-0.2, -0.15) is 4.98 Å². The average molecular weight is 319 g/mol. The fourth-order valence-electron chi connectivity index (χ4n) is 1.92.